The number of benzene rings is 1. The van der Waals surface area contributed by atoms with Crippen LogP contribution in [0.3, 0.4) is 0 Å². The molecule has 0 amide bonds. The summed E-state index contributed by atoms with van der Waals surface area (Å²) in [5.74, 6) is 1.78. The maximum absolute atomic E-state index is 5.76. The highest BCUT2D eigenvalue weighted by atomic mass is 16.5. The fourth-order valence-electron chi connectivity index (χ4n) is 1.53. The summed E-state index contributed by atoms with van der Waals surface area (Å²) >= 11 is 0. The van der Waals surface area contributed by atoms with Gasteiger partial charge in [0.15, 0.2) is 0 Å². The van der Waals surface area contributed by atoms with Crippen LogP contribution in [0.1, 0.15) is 33.1 Å². The minimum atomic E-state index is 0.209. The van der Waals surface area contributed by atoms with E-state index in [1.54, 1.807) is 0 Å². The molecule has 96 valence electrons. The molecule has 17 heavy (non-hydrogen) atoms. The van der Waals surface area contributed by atoms with Gasteiger partial charge in [-0.2, -0.15) is 0 Å². The van der Waals surface area contributed by atoms with Crippen LogP contribution in [0.15, 0.2) is 24.3 Å². The minimum Gasteiger partial charge on any atom is -0.494 e. The van der Waals surface area contributed by atoms with Gasteiger partial charge in [0.2, 0.25) is 0 Å². The van der Waals surface area contributed by atoms with E-state index in [1.807, 2.05) is 24.3 Å². The second kappa shape index (κ2) is 7.96. The van der Waals surface area contributed by atoms with E-state index in [1.165, 1.54) is 0 Å². The number of rotatable bonds is 8. The monoisotopic (exact) mass is 237 g/mol. The van der Waals surface area contributed by atoms with Gasteiger partial charge in [-0.25, -0.2) is 0 Å². The fourth-order valence-corrected chi connectivity index (χ4v) is 1.53. The van der Waals surface area contributed by atoms with Crippen molar-refractivity contribution in [1.29, 1.82) is 0 Å². The SMILES string of the molecule is CCCOc1ccc(OC(C)CCCN)cc1. The molecule has 0 radical (unpaired) electrons. The highest BCUT2D eigenvalue weighted by Crippen LogP contribution is 2.19. The molecular formula is C14H23NO2. The van der Waals surface area contributed by atoms with Crippen LogP contribution < -0.4 is 15.2 Å². The number of nitrogens with two attached hydrogens (primary N) is 1. The van der Waals surface area contributed by atoms with Crippen molar-refractivity contribution >= 4 is 0 Å². The molecule has 1 rings (SSSR count). The van der Waals surface area contributed by atoms with Crippen LogP contribution in [0.2, 0.25) is 0 Å². The summed E-state index contributed by atoms with van der Waals surface area (Å²) in [7, 11) is 0. The third kappa shape index (κ3) is 5.59. The summed E-state index contributed by atoms with van der Waals surface area (Å²) < 4.78 is 11.3. The Bertz CT molecular complexity index is 298. The van der Waals surface area contributed by atoms with Crippen LogP contribution in [-0.2, 0) is 0 Å². The molecule has 1 aromatic carbocycles. The maximum Gasteiger partial charge on any atom is 0.119 e. The Hall–Kier alpha value is -1.22. The van der Waals surface area contributed by atoms with Crippen molar-refractivity contribution < 1.29 is 9.47 Å². The van der Waals surface area contributed by atoms with Crippen molar-refractivity contribution in [1.82, 2.24) is 0 Å². The summed E-state index contributed by atoms with van der Waals surface area (Å²) in [4.78, 5) is 0. The predicted octanol–water partition coefficient (Wildman–Crippen LogP) is 2.98. The van der Waals surface area contributed by atoms with Crippen molar-refractivity contribution in [2.75, 3.05) is 13.2 Å². The van der Waals surface area contributed by atoms with Crippen molar-refractivity contribution in [3.05, 3.63) is 24.3 Å². The normalized spacial score (nSPS) is 12.2. The molecule has 0 aliphatic rings. The van der Waals surface area contributed by atoms with E-state index >= 15 is 0 Å². The van der Waals surface area contributed by atoms with Crippen molar-refractivity contribution in [2.24, 2.45) is 5.73 Å². The molecule has 0 aliphatic heterocycles. The highest BCUT2D eigenvalue weighted by molar-refractivity contribution is 5.31. The highest BCUT2D eigenvalue weighted by Gasteiger charge is 2.03. The molecule has 2 N–H and O–H groups in total. The summed E-state index contributed by atoms with van der Waals surface area (Å²) in [6, 6.07) is 7.79. The molecule has 0 aliphatic carbocycles. The Morgan fingerprint density at radius 1 is 1.18 bits per heavy atom. The van der Waals surface area contributed by atoms with Crippen molar-refractivity contribution in [2.45, 2.75) is 39.2 Å². The fraction of sp³-hybridized carbons (Fsp3) is 0.571. The average molecular weight is 237 g/mol. The molecule has 0 saturated carbocycles. The topological polar surface area (TPSA) is 44.5 Å². The van der Waals surface area contributed by atoms with Crippen LogP contribution in [0, 0.1) is 0 Å². The van der Waals surface area contributed by atoms with Crippen molar-refractivity contribution in [3.63, 3.8) is 0 Å². The van der Waals surface area contributed by atoms with E-state index in [0.717, 1.165) is 43.9 Å². The lowest BCUT2D eigenvalue weighted by molar-refractivity contribution is 0.208. The zero-order valence-corrected chi connectivity index (χ0v) is 10.8. The summed E-state index contributed by atoms with van der Waals surface area (Å²) in [5, 5.41) is 0. The first kappa shape index (κ1) is 13.8. The van der Waals surface area contributed by atoms with Crippen LogP contribution >= 0.6 is 0 Å². The average Bonchev–Trinajstić information content (AvgIpc) is 2.35. The number of hydrogen-bond donors (Lipinski definition) is 1. The van der Waals surface area contributed by atoms with Crippen LogP contribution in [0.25, 0.3) is 0 Å². The Labute approximate surface area is 104 Å². The van der Waals surface area contributed by atoms with Gasteiger partial charge in [-0.15, -0.1) is 0 Å². The predicted molar refractivity (Wildman–Crippen MR) is 70.6 cm³/mol. The van der Waals surface area contributed by atoms with E-state index in [4.69, 9.17) is 15.2 Å². The third-order valence-electron chi connectivity index (χ3n) is 2.45. The lowest BCUT2D eigenvalue weighted by Crippen LogP contribution is -2.13. The molecule has 0 heterocycles. The second-order valence-electron chi connectivity index (χ2n) is 4.18. The van der Waals surface area contributed by atoms with E-state index in [0.29, 0.717) is 0 Å². The van der Waals surface area contributed by atoms with E-state index in [2.05, 4.69) is 13.8 Å². The van der Waals surface area contributed by atoms with E-state index in [9.17, 15) is 0 Å². The van der Waals surface area contributed by atoms with Gasteiger partial charge in [0.05, 0.1) is 12.7 Å². The Morgan fingerprint density at radius 3 is 2.41 bits per heavy atom. The summed E-state index contributed by atoms with van der Waals surface area (Å²) in [5.41, 5.74) is 5.46. The second-order valence-corrected chi connectivity index (χ2v) is 4.18. The van der Waals surface area contributed by atoms with Gasteiger partial charge in [-0.05, 0) is 57.0 Å². The molecule has 0 saturated heterocycles. The Kier molecular flexibility index (Phi) is 6.48. The Morgan fingerprint density at radius 2 is 1.82 bits per heavy atom. The van der Waals surface area contributed by atoms with Gasteiger partial charge >= 0.3 is 0 Å². The zero-order chi connectivity index (χ0) is 12.5. The van der Waals surface area contributed by atoms with Gasteiger partial charge in [0, 0.05) is 0 Å². The van der Waals surface area contributed by atoms with Gasteiger partial charge in [0.1, 0.15) is 11.5 Å². The lowest BCUT2D eigenvalue weighted by Gasteiger charge is -2.14. The molecule has 1 atom stereocenters. The largest absolute Gasteiger partial charge is 0.494 e. The summed E-state index contributed by atoms with van der Waals surface area (Å²) in [6.45, 7) is 5.64. The zero-order valence-electron chi connectivity index (χ0n) is 10.8. The molecule has 1 unspecified atom stereocenters. The number of ether oxygens (including phenoxy) is 2. The van der Waals surface area contributed by atoms with E-state index < -0.39 is 0 Å². The van der Waals surface area contributed by atoms with E-state index in [-0.39, 0.29) is 6.10 Å². The molecule has 3 heteroatoms. The minimum absolute atomic E-state index is 0.209. The quantitative estimate of drug-likeness (QED) is 0.756. The van der Waals surface area contributed by atoms with Crippen LogP contribution in [-0.4, -0.2) is 19.3 Å². The number of hydrogen-bond acceptors (Lipinski definition) is 3. The maximum atomic E-state index is 5.76. The smallest absolute Gasteiger partial charge is 0.119 e. The summed E-state index contributed by atoms with van der Waals surface area (Å²) in [6.07, 6.45) is 3.22. The van der Waals surface area contributed by atoms with Crippen LogP contribution in [0.5, 0.6) is 11.5 Å². The van der Waals surface area contributed by atoms with Crippen LogP contribution in [0.4, 0.5) is 0 Å². The molecule has 3 nitrogen and oxygen atoms in total. The molecule has 0 aromatic heterocycles. The van der Waals surface area contributed by atoms with Gasteiger partial charge < -0.3 is 15.2 Å². The van der Waals surface area contributed by atoms with Gasteiger partial charge in [-0.3, -0.25) is 0 Å². The Balaban J connectivity index is 2.39. The van der Waals surface area contributed by atoms with Gasteiger partial charge in [0.25, 0.3) is 0 Å². The molecule has 1 aromatic rings. The lowest BCUT2D eigenvalue weighted by atomic mass is 10.2. The van der Waals surface area contributed by atoms with Crippen molar-refractivity contribution in [3.8, 4) is 11.5 Å². The first-order valence-electron chi connectivity index (χ1n) is 6.35. The first-order valence-corrected chi connectivity index (χ1v) is 6.35. The third-order valence-corrected chi connectivity index (χ3v) is 2.45. The first-order chi connectivity index (χ1) is 8.26. The molecule has 0 fully saturated rings. The molecule has 0 bridgehead atoms. The standard InChI is InChI=1S/C14H23NO2/c1-3-11-16-13-6-8-14(9-7-13)17-12(2)5-4-10-15/h6-9,12H,3-5,10-11,15H2,1-2H3. The molecular weight excluding hydrogens is 214 g/mol. The van der Waals surface area contributed by atoms with Gasteiger partial charge in [-0.1, -0.05) is 6.92 Å². The molecule has 0 spiro atoms.